The topological polar surface area (TPSA) is 64.1 Å². The number of nitrogens with zero attached hydrogens (tertiary/aromatic N) is 2. The van der Waals surface area contributed by atoms with Crippen molar-refractivity contribution in [2.24, 2.45) is 0 Å². The Labute approximate surface area is 184 Å². The third-order valence-corrected chi connectivity index (χ3v) is 6.38. The molecule has 0 atom stereocenters. The Bertz CT molecular complexity index is 1370. The first-order valence-electron chi connectivity index (χ1n) is 10.7. The van der Waals surface area contributed by atoms with Crippen molar-refractivity contribution in [3.8, 4) is 17.0 Å². The van der Waals surface area contributed by atoms with Gasteiger partial charge in [0.2, 0.25) is 5.88 Å². The molecule has 6 heteroatoms. The van der Waals surface area contributed by atoms with Crippen molar-refractivity contribution >= 4 is 23.1 Å². The number of ketones is 1. The molecular weight excluding hydrogens is 405 g/mol. The lowest BCUT2D eigenvalue weighted by Crippen LogP contribution is -2.20. The van der Waals surface area contributed by atoms with Crippen LogP contribution in [0.1, 0.15) is 27.8 Å². The molecule has 3 aliphatic rings. The zero-order valence-corrected chi connectivity index (χ0v) is 17.5. The summed E-state index contributed by atoms with van der Waals surface area (Å²) < 4.78 is 20.8. The van der Waals surface area contributed by atoms with Crippen LogP contribution in [0.2, 0.25) is 0 Å². The van der Waals surface area contributed by atoms with Crippen LogP contribution in [-0.4, -0.2) is 28.9 Å². The number of allylic oxidation sites excluding steroid dienone is 3. The van der Waals surface area contributed by atoms with Crippen molar-refractivity contribution in [3.63, 3.8) is 0 Å². The van der Waals surface area contributed by atoms with Crippen molar-refractivity contribution in [3.05, 3.63) is 82.1 Å². The van der Waals surface area contributed by atoms with Gasteiger partial charge in [0.25, 0.3) is 0 Å². The highest BCUT2D eigenvalue weighted by Crippen LogP contribution is 2.40. The average molecular weight is 425 g/mol. The molecule has 2 aliphatic carbocycles. The summed E-state index contributed by atoms with van der Waals surface area (Å²) in [7, 11) is 0. The second-order valence-electron chi connectivity index (χ2n) is 8.37. The zero-order valence-electron chi connectivity index (χ0n) is 17.5. The number of halogens is 1. The van der Waals surface area contributed by atoms with E-state index in [0.29, 0.717) is 35.7 Å². The number of ether oxygens (including phenoxy) is 1. The number of aromatic nitrogens is 2. The van der Waals surface area contributed by atoms with Gasteiger partial charge in [-0.2, -0.15) is 0 Å². The maximum absolute atomic E-state index is 15.2. The van der Waals surface area contributed by atoms with Gasteiger partial charge in [-0.25, -0.2) is 9.37 Å². The average Bonchev–Trinajstić information content (AvgIpc) is 3.34. The maximum atomic E-state index is 15.2. The molecule has 1 aliphatic heterocycles. The summed E-state index contributed by atoms with van der Waals surface area (Å²) in [6, 6.07) is 5.27. The number of hydrogen-bond acceptors (Lipinski definition) is 5. The van der Waals surface area contributed by atoms with E-state index in [1.807, 2.05) is 25.3 Å². The number of carbonyl (C=O) groups excluding carboxylic acids is 1. The summed E-state index contributed by atoms with van der Waals surface area (Å²) in [5, 5.41) is 3.30. The lowest BCUT2D eigenvalue weighted by molar-refractivity contribution is -0.112. The molecule has 0 bridgehead atoms. The van der Waals surface area contributed by atoms with Crippen molar-refractivity contribution in [1.82, 2.24) is 9.97 Å². The van der Waals surface area contributed by atoms with E-state index in [1.165, 1.54) is 6.07 Å². The molecule has 158 valence electrons. The molecule has 0 amide bonds. The highest BCUT2D eigenvalue weighted by Gasteiger charge is 2.28. The molecule has 1 aromatic carbocycles. The number of Topliss-reactive ketones (excluding diaryl/α,β-unsaturated/α-hetero) is 1. The fourth-order valence-corrected chi connectivity index (χ4v) is 4.76. The molecule has 0 spiro atoms. The summed E-state index contributed by atoms with van der Waals surface area (Å²) >= 11 is 0. The van der Waals surface area contributed by atoms with Gasteiger partial charge >= 0.3 is 0 Å². The minimum atomic E-state index is -0.349. The van der Waals surface area contributed by atoms with Crippen LogP contribution >= 0.6 is 0 Å². The number of fused-ring (bicyclic) bond motifs is 3. The third-order valence-electron chi connectivity index (χ3n) is 6.38. The second-order valence-corrected chi connectivity index (χ2v) is 8.37. The van der Waals surface area contributed by atoms with Crippen LogP contribution in [0.3, 0.4) is 0 Å². The Morgan fingerprint density at radius 1 is 1.12 bits per heavy atom. The molecule has 0 fully saturated rings. The fraction of sp³-hybridized carbons (Fsp3) is 0.192. The first-order chi connectivity index (χ1) is 15.6. The molecule has 0 saturated heterocycles. The van der Waals surface area contributed by atoms with Crippen LogP contribution in [0, 0.1) is 12.7 Å². The van der Waals surface area contributed by atoms with E-state index >= 15 is 4.39 Å². The molecule has 0 unspecified atom stereocenters. The van der Waals surface area contributed by atoms with Gasteiger partial charge in [0.1, 0.15) is 18.1 Å². The molecule has 5 nitrogen and oxygen atoms in total. The summed E-state index contributed by atoms with van der Waals surface area (Å²) in [5.74, 6) is 0.205. The zero-order chi connectivity index (χ0) is 21.8. The molecule has 1 N–H and O–H groups in total. The maximum Gasteiger partial charge on any atom is 0.237 e. The van der Waals surface area contributed by atoms with E-state index in [-0.39, 0.29) is 18.0 Å². The molecule has 0 saturated carbocycles. The fourth-order valence-electron chi connectivity index (χ4n) is 4.76. The van der Waals surface area contributed by atoms with Crippen LogP contribution in [0.4, 0.5) is 10.1 Å². The number of pyridine rings is 2. The Balaban J connectivity index is 1.44. The molecule has 0 radical (unpaired) electrons. The second kappa shape index (κ2) is 7.12. The molecular formula is C26H20FN3O2. The van der Waals surface area contributed by atoms with Crippen molar-refractivity contribution < 1.29 is 13.9 Å². The number of rotatable bonds is 2. The summed E-state index contributed by atoms with van der Waals surface area (Å²) in [4.78, 5) is 21.4. The van der Waals surface area contributed by atoms with Gasteiger partial charge in [-0.1, -0.05) is 6.08 Å². The van der Waals surface area contributed by atoms with Gasteiger partial charge in [-0.05, 0) is 71.0 Å². The quantitative estimate of drug-likeness (QED) is 0.611. The van der Waals surface area contributed by atoms with E-state index in [1.54, 1.807) is 18.5 Å². The van der Waals surface area contributed by atoms with Crippen LogP contribution in [0.5, 0.6) is 5.88 Å². The van der Waals surface area contributed by atoms with E-state index in [9.17, 15) is 4.79 Å². The van der Waals surface area contributed by atoms with E-state index in [0.717, 1.165) is 45.5 Å². The Hall–Kier alpha value is -3.80. The first kappa shape index (κ1) is 18.9. The Morgan fingerprint density at radius 2 is 2.03 bits per heavy atom. The largest absolute Gasteiger partial charge is 0.474 e. The smallest absolute Gasteiger partial charge is 0.237 e. The van der Waals surface area contributed by atoms with Crippen LogP contribution in [0.15, 0.2) is 48.4 Å². The summed E-state index contributed by atoms with van der Waals surface area (Å²) in [5.41, 5.74) is 8.30. The minimum Gasteiger partial charge on any atom is -0.474 e. The molecule has 6 rings (SSSR count). The Morgan fingerprint density at radius 3 is 2.91 bits per heavy atom. The number of nitrogens with one attached hydrogen (secondary N) is 1. The Kier molecular flexibility index (Phi) is 4.21. The summed E-state index contributed by atoms with van der Waals surface area (Å²) in [6.07, 6.45) is 10.3. The summed E-state index contributed by atoms with van der Waals surface area (Å²) in [6.45, 7) is 3.17. The van der Waals surface area contributed by atoms with E-state index < -0.39 is 0 Å². The molecule has 3 heterocycles. The molecule has 2 aromatic heterocycles. The van der Waals surface area contributed by atoms with Crippen LogP contribution in [0.25, 0.3) is 22.8 Å². The highest BCUT2D eigenvalue weighted by atomic mass is 19.1. The highest BCUT2D eigenvalue weighted by molar-refractivity contribution is 6.26. The normalized spacial score (nSPS) is 17.4. The standard InChI is InChI=1S/C26H20FN3O2/c1-14-22(13-30-26-25(14)29-4-5-32-26)20-11-19-17(9-23(20)27)10-24(31)21(19)8-15-6-16-2-3-28-12-18(16)7-15/h2-3,6,8-9,11-13,29H,4-5,7,10H2,1H3/b21-8-. The van der Waals surface area contributed by atoms with Crippen molar-refractivity contribution in [2.45, 2.75) is 19.8 Å². The number of carbonyl (C=O) groups is 1. The van der Waals surface area contributed by atoms with Crippen molar-refractivity contribution in [1.29, 1.82) is 0 Å². The SMILES string of the molecule is Cc1c(-c2cc3c(cc2F)CC(=O)/C3=C\C2=Cc3ccncc3C2)cnc2c1NCCO2. The van der Waals surface area contributed by atoms with Gasteiger partial charge in [0, 0.05) is 48.3 Å². The van der Waals surface area contributed by atoms with Gasteiger partial charge in [-0.15, -0.1) is 0 Å². The third kappa shape index (κ3) is 2.94. The van der Waals surface area contributed by atoms with E-state index in [2.05, 4.69) is 21.4 Å². The number of hydrogen-bond donors (Lipinski definition) is 1. The van der Waals surface area contributed by atoms with Gasteiger partial charge in [-0.3, -0.25) is 9.78 Å². The van der Waals surface area contributed by atoms with Crippen LogP contribution < -0.4 is 10.1 Å². The monoisotopic (exact) mass is 425 g/mol. The number of benzene rings is 1. The predicted octanol–water partition coefficient (Wildman–Crippen LogP) is 4.54. The first-order valence-corrected chi connectivity index (χ1v) is 10.7. The predicted molar refractivity (Wildman–Crippen MR) is 121 cm³/mol. The van der Waals surface area contributed by atoms with Gasteiger partial charge < -0.3 is 10.1 Å². The molecule has 32 heavy (non-hydrogen) atoms. The lowest BCUT2D eigenvalue weighted by atomic mass is 9.95. The lowest BCUT2D eigenvalue weighted by Gasteiger charge is -2.21. The molecule has 3 aromatic rings. The van der Waals surface area contributed by atoms with Gasteiger partial charge in [0.05, 0.1) is 0 Å². The van der Waals surface area contributed by atoms with E-state index in [4.69, 9.17) is 4.74 Å². The van der Waals surface area contributed by atoms with Gasteiger partial charge in [0.15, 0.2) is 5.78 Å². The minimum absolute atomic E-state index is 0.0156. The van der Waals surface area contributed by atoms with Crippen LogP contribution in [-0.2, 0) is 17.6 Å². The number of anilines is 1. The van der Waals surface area contributed by atoms with Crippen molar-refractivity contribution in [2.75, 3.05) is 18.5 Å².